The highest BCUT2D eigenvalue weighted by Gasteiger charge is 2.20. The first-order valence-corrected chi connectivity index (χ1v) is 6.51. The fraction of sp³-hybridized carbons (Fsp3) is 0.667. The molecule has 0 spiro atoms. The van der Waals surface area contributed by atoms with E-state index in [1.807, 2.05) is 20.8 Å². The number of aromatic nitrogens is 3. The minimum Gasteiger partial charge on any atom is -0.476 e. The molecule has 0 aliphatic rings. The van der Waals surface area contributed by atoms with Gasteiger partial charge in [0, 0.05) is 12.5 Å². The minimum absolute atomic E-state index is 0.0305. The molecule has 0 aromatic carbocycles. The van der Waals surface area contributed by atoms with Crippen LogP contribution in [0, 0.1) is 5.92 Å². The summed E-state index contributed by atoms with van der Waals surface area (Å²) in [5, 5.41) is 19.1. The Labute approximate surface area is 117 Å². The van der Waals surface area contributed by atoms with E-state index in [-0.39, 0.29) is 30.7 Å². The summed E-state index contributed by atoms with van der Waals surface area (Å²) in [5.74, 6) is -1.09. The van der Waals surface area contributed by atoms with Crippen molar-refractivity contribution in [3.05, 3.63) is 11.4 Å². The number of hydrogen-bond acceptors (Lipinski definition) is 5. The Hall–Kier alpha value is -1.96. The molecule has 112 valence electrons. The maximum atomic E-state index is 11.9. The topological polar surface area (TPSA) is 123 Å². The van der Waals surface area contributed by atoms with Gasteiger partial charge in [-0.2, -0.15) is 0 Å². The molecule has 0 aliphatic heterocycles. The Morgan fingerprint density at radius 3 is 2.55 bits per heavy atom. The quantitative estimate of drug-likeness (QED) is 0.628. The lowest BCUT2D eigenvalue weighted by Gasteiger charge is -2.17. The van der Waals surface area contributed by atoms with Gasteiger partial charge in [-0.05, 0) is 19.4 Å². The van der Waals surface area contributed by atoms with Crippen LogP contribution in [-0.4, -0.2) is 44.6 Å². The molecule has 8 nitrogen and oxygen atoms in total. The monoisotopic (exact) mass is 283 g/mol. The normalized spacial score (nSPS) is 12.4. The Morgan fingerprint density at radius 2 is 2.05 bits per heavy atom. The molecule has 0 aliphatic carbocycles. The van der Waals surface area contributed by atoms with Crippen LogP contribution in [-0.2, 0) is 17.8 Å². The van der Waals surface area contributed by atoms with Gasteiger partial charge in [-0.3, -0.25) is 4.79 Å². The number of amides is 1. The van der Waals surface area contributed by atoms with E-state index in [9.17, 15) is 9.59 Å². The Kier molecular flexibility index (Phi) is 5.63. The van der Waals surface area contributed by atoms with Gasteiger partial charge in [-0.1, -0.05) is 19.1 Å². The number of carboxylic acid groups (broad SMARTS) is 1. The number of nitrogens with one attached hydrogen (secondary N) is 1. The van der Waals surface area contributed by atoms with Crippen LogP contribution >= 0.6 is 0 Å². The lowest BCUT2D eigenvalue weighted by Crippen LogP contribution is -2.38. The first-order valence-electron chi connectivity index (χ1n) is 6.51. The number of carboxylic acids is 1. The van der Waals surface area contributed by atoms with Crippen LogP contribution in [0.4, 0.5) is 0 Å². The van der Waals surface area contributed by atoms with Crippen LogP contribution in [0.5, 0.6) is 0 Å². The Bertz CT molecular complexity index is 483. The van der Waals surface area contributed by atoms with Gasteiger partial charge in [0.05, 0.1) is 5.69 Å². The maximum Gasteiger partial charge on any atom is 0.358 e. The fourth-order valence-corrected chi connectivity index (χ4v) is 1.61. The number of aromatic carboxylic acids is 1. The van der Waals surface area contributed by atoms with Crippen molar-refractivity contribution in [2.75, 3.05) is 6.54 Å². The molecular weight excluding hydrogens is 262 g/mol. The van der Waals surface area contributed by atoms with E-state index in [1.54, 1.807) is 0 Å². The molecule has 0 fully saturated rings. The highest BCUT2D eigenvalue weighted by atomic mass is 16.4. The van der Waals surface area contributed by atoms with Gasteiger partial charge in [0.15, 0.2) is 5.69 Å². The summed E-state index contributed by atoms with van der Waals surface area (Å²) < 4.78 is 1.29. The van der Waals surface area contributed by atoms with Crippen molar-refractivity contribution < 1.29 is 14.7 Å². The summed E-state index contributed by atoms with van der Waals surface area (Å²) in [6.07, 6.45) is 0.307. The van der Waals surface area contributed by atoms with E-state index >= 15 is 0 Å². The summed E-state index contributed by atoms with van der Waals surface area (Å²) in [6.45, 7) is 6.11. The summed E-state index contributed by atoms with van der Waals surface area (Å²) >= 11 is 0. The predicted octanol–water partition coefficient (Wildman–Crippen LogP) is -0.362. The van der Waals surface area contributed by atoms with Gasteiger partial charge >= 0.3 is 5.97 Å². The number of rotatable bonds is 7. The number of nitrogens with two attached hydrogens (primary N) is 1. The summed E-state index contributed by atoms with van der Waals surface area (Å²) in [4.78, 5) is 22.9. The van der Waals surface area contributed by atoms with Crippen molar-refractivity contribution in [3.63, 3.8) is 0 Å². The van der Waals surface area contributed by atoms with E-state index in [1.165, 1.54) is 4.68 Å². The third kappa shape index (κ3) is 4.02. The standard InChI is InChI=1S/C12H21N5O3/c1-7(2)8(3)14-10(18)6-17-9(4-5-13)11(12(19)20)15-16-17/h7-8H,4-6,13H2,1-3H3,(H,14,18)(H,19,20). The number of carbonyl (C=O) groups is 2. The lowest BCUT2D eigenvalue weighted by molar-refractivity contribution is -0.122. The summed E-state index contributed by atoms with van der Waals surface area (Å²) in [7, 11) is 0. The lowest BCUT2D eigenvalue weighted by atomic mass is 10.1. The smallest absolute Gasteiger partial charge is 0.358 e. The highest BCUT2D eigenvalue weighted by molar-refractivity contribution is 5.86. The van der Waals surface area contributed by atoms with Gasteiger partial charge in [-0.25, -0.2) is 9.48 Å². The zero-order valence-electron chi connectivity index (χ0n) is 12.0. The average Bonchev–Trinajstić information content (AvgIpc) is 2.72. The van der Waals surface area contributed by atoms with E-state index in [0.717, 1.165) is 0 Å². The zero-order chi connectivity index (χ0) is 15.3. The first kappa shape index (κ1) is 16.1. The molecule has 1 aromatic rings. The van der Waals surface area contributed by atoms with Gasteiger partial charge in [0.25, 0.3) is 0 Å². The predicted molar refractivity (Wildman–Crippen MR) is 72.2 cm³/mol. The molecule has 0 saturated heterocycles. The third-order valence-corrected chi connectivity index (χ3v) is 3.10. The third-order valence-electron chi connectivity index (χ3n) is 3.10. The molecular formula is C12H21N5O3. The van der Waals surface area contributed by atoms with Crippen molar-refractivity contribution in [1.29, 1.82) is 0 Å². The molecule has 0 radical (unpaired) electrons. The van der Waals surface area contributed by atoms with Gasteiger partial charge in [0.2, 0.25) is 5.91 Å². The van der Waals surface area contributed by atoms with Crippen molar-refractivity contribution in [2.45, 2.75) is 39.8 Å². The average molecular weight is 283 g/mol. The maximum absolute atomic E-state index is 11.9. The molecule has 4 N–H and O–H groups in total. The van der Waals surface area contributed by atoms with Gasteiger partial charge in [-0.15, -0.1) is 5.10 Å². The number of hydrogen-bond donors (Lipinski definition) is 3. The van der Waals surface area contributed by atoms with Crippen LogP contribution in [0.15, 0.2) is 0 Å². The second-order valence-corrected chi connectivity index (χ2v) is 4.99. The van der Waals surface area contributed by atoms with E-state index in [0.29, 0.717) is 18.0 Å². The Morgan fingerprint density at radius 1 is 1.40 bits per heavy atom. The van der Waals surface area contributed by atoms with Crippen LogP contribution < -0.4 is 11.1 Å². The zero-order valence-corrected chi connectivity index (χ0v) is 12.0. The van der Waals surface area contributed by atoms with Crippen LogP contribution in [0.25, 0.3) is 0 Å². The van der Waals surface area contributed by atoms with Crippen LogP contribution in [0.3, 0.4) is 0 Å². The molecule has 20 heavy (non-hydrogen) atoms. The number of carbonyl (C=O) groups excluding carboxylic acids is 1. The van der Waals surface area contributed by atoms with Crippen LogP contribution in [0.2, 0.25) is 0 Å². The minimum atomic E-state index is -1.17. The molecule has 0 saturated carbocycles. The fourth-order valence-electron chi connectivity index (χ4n) is 1.61. The molecule has 1 atom stereocenters. The number of nitrogens with zero attached hydrogens (tertiary/aromatic N) is 3. The SMILES string of the molecule is CC(C)C(C)NC(=O)Cn1nnc(C(=O)O)c1CCN. The molecule has 1 heterocycles. The Balaban J connectivity index is 2.81. The molecule has 0 bridgehead atoms. The summed E-state index contributed by atoms with van der Waals surface area (Å²) in [6, 6.07) is 0.0305. The van der Waals surface area contributed by atoms with Crippen molar-refractivity contribution in [3.8, 4) is 0 Å². The van der Waals surface area contributed by atoms with E-state index in [4.69, 9.17) is 10.8 Å². The second-order valence-electron chi connectivity index (χ2n) is 4.99. The summed E-state index contributed by atoms with van der Waals surface area (Å²) in [5.41, 5.74) is 5.66. The van der Waals surface area contributed by atoms with Crippen molar-refractivity contribution in [2.24, 2.45) is 11.7 Å². The second kappa shape index (κ2) is 6.99. The molecule has 8 heteroatoms. The molecule has 1 aromatic heterocycles. The largest absolute Gasteiger partial charge is 0.476 e. The first-order chi connectivity index (χ1) is 9.36. The van der Waals surface area contributed by atoms with Gasteiger partial charge in [0.1, 0.15) is 6.54 Å². The highest BCUT2D eigenvalue weighted by Crippen LogP contribution is 2.07. The van der Waals surface area contributed by atoms with Gasteiger partial charge < -0.3 is 16.2 Å². The van der Waals surface area contributed by atoms with E-state index in [2.05, 4.69) is 15.6 Å². The van der Waals surface area contributed by atoms with E-state index < -0.39 is 5.97 Å². The van der Waals surface area contributed by atoms with Crippen molar-refractivity contribution in [1.82, 2.24) is 20.3 Å². The van der Waals surface area contributed by atoms with Crippen molar-refractivity contribution >= 4 is 11.9 Å². The van der Waals surface area contributed by atoms with Crippen LogP contribution in [0.1, 0.15) is 37.0 Å². The molecule has 1 amide bonds. The molecule has 1 rings (SSSR count). The molecule has 1 unspecified atom stereocenters.